The first kappa shape index (κ1) is 41.1. The zero-order valence-corrected chi connectivity index (χ0v) is 39.6. The monoisotopic (exact) mass is 937 g/mol. The van der Waals surface area contributed by atoms with Gasteiger partial charge in [0.25, 0.3) is 0 Å². The fourth-order valence-electron chi connectivity index (χ4n) is 12.3. The second-order valence-corrected chi connectivity index (χ2v) is 19.1. The number of fused-ring (bicyclic) bond motifs is 11. The predicted octanol–water partition coefficient (Wildman–Crippen LogP) is 15.8. The van der Waals surface area contributed by atoms with E-state index in [0.29, 0.717) is 22.2 Å². The minimum absolute atomic E-state index is 0.408. The molecule has 0 aliphatic carbocycles. The van der Waals surface area contributed by atoms with Crippen molar-refractivity contribution < 1.29 is 4.42 Å². The Kier molecular flexibility index (Phi) is 8.81. The van der Waals surface area contributed by atoms with Gasteiger partial charge in [-0.3, -0.25) is 0 Å². The maximum Gasteiger partial charge on any atom is 0.347 e. The minimum Gasteiger partial charge on any atom is -0.422 e. The topological polar surface area (TPSA) is 61.1 Å². The summed E-state index contributed by atoms with van der Waals surface area (Å²) in [4.78, 5) is 16.3. The first-order valence-electron chi connectivity index (χ1n) is 24.8. The SMILES string of the molecule is Cc1nn(-c2ccccc2)c2c1c(=O)oc1ccc(N3c4ccc(-n5c6ccccc6c6ccccc65)cc4C(c4ccccc4)(c4ccccc4)c4cc(-n5c6ccccc6c6ccccc65)ccc43)cc12. The normalized spacial score (nSPS) is 13.1. The molecule has 1 aliphatic heterocycles. The van der Waals surface area contributed by atoms with Gasteiger partial charge in [0.05, 0.1) is 55.8 Å². The van der Waals surface area contributed by atoms with E-state index in [1.165, 1.54) is 21.5 Å². The number of benzene rings is 10. The first-order valence-corrected chi connectivity index (χ1v) is 24.8. The van der Waals surface area contributed by atoms with Crippen LogP contribution in [0.3, 0.4) is 0 Å². The summed E-state index contributed by atoms with van der Waals surface area (Å²) in [5, 5.41) is 11.0. The quantitative estimate of drug-likeness (QED) is 0.156. The molecule has 0 saturated carbocycles. The molecule has 0 unspecified atom stereocenters. The number of anilines is 3. The summed E-state index contributed by atoms with van der Waals surface area (Å²) in [7, 11) is 0. The third-order valence-corrected chi connectivity index (χ3v) is 15.3. The lowest BCUT2D eigenvalue weighted by molar-refractivity contribution is 0.569. The number of hydrogen-bond acceptors (Lipinski definition) is 4. The highest BCUT2D eigenvalue weighted by molar-refractivity contribution is 6.11. The highest BCUT2D eigenvalue weighted by Gasteiger charge is 2.47. The van der Waals surface area contributed by atoms with E-state index in [0.717, 1.165) is 83.8 Å². The van der Waals surface area contributed by atoms with E-state index in [2.05, 4.69) is 220 Å². The van der Waals surface area contributed by atoms with Crippen molar-refractivity contribution >= 4 is 82.5 Å². The van der Waals surface area contributed by atoms with E-state index >= 15 is 0 Å². The van der Waals surface area contributed by atoms with Gasteiger partial charge in [0, 0.05) is 44.0 Å². The fourth-order valence-corrected chi connectivity index (χ4v) is 12.3. The van der Waals surface area contributed by atoms with Gasteiger partial charge in [-0.15, -0.1) is 0 Å². The first-order chi connectivity index (χ1) is 36.1. The number of rotatable bonds is 6. The van der Waals surface area contributed by atoms with Gasteiger partial charge in [-0.05, 0) is 120 Å². The Morgan fingerprint density at radius 1 is 0.411 bits per heavy atom. The maximum atomic E-state index is 13.9. The molecule has 14 aromatic rings. The van der Waals surface area contributed by atoms with Crippen molar-refractivity contribution in [2.75, 3.05) is 4.90 Å². The molecule has 0 radical (unpaired) electrons. The van der Waals surface area contributed by atoms with Crippen LogP contribution in [0.2, 0.25) is 0 Å². The molecule has 5 heterocycles. The largest absolute Gasteiger partial charge is 0.422 e. The second kappa shape index (κ2) is 15.6. The van der Waals surface area contributed by atoms with Gasteiger partial charge in [0.1, 0.15) is 11.0 Å². The smallest absolute Gasteiger partial charge is 0.347 e. The van der Waals surface area contributed by atoms with Crippen LogP contribution in [0.1, 0.15) is 27.9 Å². The lowest BCUT2D eigenvalue weighted by atomic mass is 9.62. The Morgan fingerprint density at radius 2 is 0.836 bits per heavy atom. The maximum absolute atomic E-state index is 13.9. The van der Waals surface area contributed by atoms with Crippen molar-refractivity contribution in [3.8, 4) is 17.1 Å². The highest BCUT2D eigenvalue weighted by Crippen LogP contribution is 2.59. The van der Waals surface area contributed by atoms with Crippen LogP contribution in [-0.2, 0) is 5.41 Å². The number of para-hydroxylation sites is 5. The molecule has 73 heavy (non-hydrogen) atoms. The Morgan fingerprint density at radius 3 is 1.32 bits per heavy atom. The third kappa shape index (κ3) is 5.81. The number of aromatic nitrogens is 4. The van der Waals surface area contributed by atoms with E-state index in [-0.39, 0.29) is 0 Å². The van der Waals surface area contributed by atoms with E-state index in [1.54, 1.807) is 0 Å². The number of aryl methyl sites for hydroxylation is 1. The molecule has 7 heteroatoms. The Labute approximate surface area is 419 Å². The van der Waals surface area contributed by atoms with Crippen LogP contribution in [0.5, 0.6) is 0 Å². The molecular formula is C66H43N5O2. The summed E-state index contributed by atoms with van der Waals surface area (Å²) >= 11 is 0. The van der Waals surface area contributed by atoms with Crippen LogP contribution < -0.4 is 10.5 Å². The highest BCUT2D eigenvalue weighted by atomic mass is 16.4. The van der Waals surface area contributed by atoms with Crippen molar-refractivity contribution in [1.82, 2.24) is 18.9 Å². The van der Waals surface area contributed by atoms with E-state index < -0.39 is 11.0 Å². The summed E-state index contributed by atoms with van der Waals surface area (Å²) < 4.78 is 12.9. The molecule has 4 aromatic heterocycles. The molecule has 15 rings (SSSR count). The predicted molar refractivity (Wildman–Crippen MR) is 297 cm³/mol. The summed E-state index contributed by atoms with van der Waals surface area (Å²) in [5.41, 5.74) is 15.6. The average molecular weight is 938 g/mol. The zero-order chi connectivity index (χ0) is 48.4. The van der Waals surface area contributed by atoms with Crippen LogP contribution in [-0.4, -0.2) is 18.9 Å². The molecule has 0 saturated heterocycles. The van der Waals surface area contributed by atoms with Crippen molar-refractivity contribution in [3.05, 3.63) is 281 Å². The van der Waals surface area contributed by atoms with Crippen molar-refractivity contribution in [1.29, 1.82) is 0 Å². The Hall–Kier alpha value is -9.72. The van der Waals surface area contributed by atoms with Gasteiger partial charge in [0.15, 0.2) is 0 Å². The molecule has 7 nitrogen and oxygen atoms in total. The Bertz CT molecular complexity index is 4290. The summed E-state index contributed by atoms with van der Waals surface area (Å²) in [6.45, 7) is 1.88. The second-order valence-electron chi connectivity index (χ2n) is 19.1. The molecule has 0 bridgehead atoms. The van der Waals surface area contributed by atoms with Gasteiger partial charge in [0.2, 0.25) is 0 Å². The van der Waals surface area contributed by atoms with Crippen LogP contribution in [0, 0.1) is 6.92 Å². The molecular weight excluding hydrogens is 895 g/mol. The molecule has 1 aliphatic rings. The molecule has 0 spiro atoms. The molecule has 0 atom stereocenters. The van der Waals surface area contributed by atoms with Gasteiger partial charge in [-0.1, -0.05) is 152 Å². The Balaban J connectivity index is 1.10. The summed E-state index contributed by atoms with van der Waals surface area (Å²) in [5.74, 6) is 0. The fraction of sp³-hybridized carbons (Fsp3) is 0.0303. The lowest BCUT2D eigenvalue weighted by Gasteiger charge is -2.47. The van der Waals surface area contributed by atoms with E-state index in [9.17, 15) is 4.79 Å². The van der Waals surface area contributed by atoms with Crippen LogP contribution in [0.15, 0.2) is 252 Å². The van der Waals surface area contributed by atoms with Crippen LogP contribution >= 0.6 is 0 Å². The third-order valence-electron chi connectivity index (χ3n) is 15.3. The average Bonchev–Trinajstić information content (AvgIpc) is 4.11. The van der Waals surface area contributed by atoms with Crippen LogP contribution in [0.25, 0.3) is 82.5 Å². The van der Waals surface area contributed by atoms with Crippen molar-refractivity contribution in [2.24, 2.45) is 0 Å². The standard InChI is InChI=1S/C66H43N5O2/c1-42-63-64(71(67-42)45-23-9-4-10-24-45)53-39-46(35-38-62(53)73-65(63)72)70-60-36-33-47(68-56-29-15-11-25-49(56)50-26-12-16-30-57(50)68)40-54(60)66(43-19-5-2-6-20-43,44-21-7-3-8-22-44)55-41-48(34-37-61(55)70)69-58-31-17-13-27-51(58)52-28-14-18-32-59(52)69/h2-41H,1H3. The van der Waals surface area contributed by atoms with Gasteiger partial charge >= 0.3 is 5.63 Å². The van der Waals surface area contributed by atoms with Crippen molar-refractivity contribution in [2.45, 2.75) is 12.3 Å². The zero-order valence-electron chi connectivity index (χ0n) is 39.6. The number of hydrogen-bond donors (Lipinski definition) is 0. The summed E-state index contributed by atoms with van der Waals surface area (Å²) in [6, 6.07) is 87.1. The van der Waals surface area contributed by atoms with Crippen molar-refractivity contribution in [3.63, 3.8) is 0 Å². The minimum atomic E-state index is -0.840. The number of nitrogens with zero attached hydrogens (tertiary/aromatic N) is 5. The molecule has 0 amide bonds. The summed E-state index contributed by atoms with van der Waals surface area (Å²) in [6.07, 6.45) is 0. The molecule has 344 valence electrons. The van der Waals surface area contributed by atoms with Gasteiger partial charge < -0.3 is 18.5 Å². The molecule has 0 N–H and O–H groups in total. The molecule has 10 aromatic carbocycles. The van der Waals surface area contributed by atoms with E-state index in [4.69, 9.17) is 9.52 Å². The lowest BCUT2D eigenvalue weighted by Crippen LogP contribution is -2.38. The van der Waals surface area contributed by atoms with Gasteiger partial charge in [-0.2, -0.15) is 5.10 Å². The molecule has 0 fully saturated rings. The van der Waals surface area contributed by atoms with E-state index in [1.807, 2.05) is 48.0 Å². The van der Waals surface area contributed by atoms with Gasteiger partial charge in [-0.25, -0.2) is 9.48 Å². The van der Waals surface area contributed by atoms with Crippen LogP contribution in [0.4, 0.5) is 17.1 Å².